The van der Waals surface area contributed by atoms with E-state index in [-0.39, 0.29) is 11.8 Å². The van der Waals surface area contributed by atoms with Crippen LogP contribution in [-0.2, 0) is 4.79 Å². The molecule has 0 aromatic carbocycles. The van der Waals surface area contributed by atoms with Gasteiger partial charge in [-0.25, -0.2) is 4.39 Å². The number of halogens is 1. The molecule has 1 saturated carbocycles. The Balaban J connectivity index is 1.63. The fraction of sp³-hybridized carbons (Fsp3) is 0.688. The average Bonchev–Trinajstić information content (AvgIpc) is 3.16. The summed E-state index contributed by atoms with van der Waals surface area (Å²) in [6, 6.07) is 1.78. The molecule has 1 aliphatic carbocycles. The average molecular weight is 322 g/mol. The smallest absolute Gasteiger partial charge is 0.274 e. The Kier molecular flexibility index (Phi) is 4.12. The maximum absolute atomic E-state index is 13.9. The molecule has 0 spiro atoms. The van der Waals surface area contributed by atoms with Crippen molar-refractivity contribution in [2.45, 2.75) is 44.7 Å². The zero-order chi connectivity index (χ0) is 16.6. The predicted molar refractivity (Wildman–Crippen MR) is 82.9 cm³/mol. The Hall–Kier alpha value is -1.92. The first-order valence-electron chi connectivity index (χ1n) is 8.23. The zero-order valence-electron chi connectivity index (χ0n) is 13.6. The second kappa shape index (κ2) is 5.94. The molecule has 126 valence electrons. The molecule has 0 bridgehead atoms. The van der Waals surface area contributed by atoms with Crippen LogP contribution in [0, 0.1) is 0 Å². The molecule has 23 heavy (non-hydrogen) atoms. The van der Waals surface area contributed by atoms with Crippen molar-refractivity contribution in [2.24, 2.45) is 0 Å². The van der Waals surface area contributed by atoms with E-state index >= 15 is 0 Å². The summed E-state index contributed by atoms with van der Waals surface area (Å²) >= 11 is 0. The highest BCUT2D eigenvalue weighted by atomic mass is 19.1. The molecule has 6 nitrogen and oxygen atoms in total. The van der Waals surface area contributed by atoms with Crippen LogP contribution in [0.2, 0.25) is 0 Å². The zero-order valence-corrected chi connectivity index (χ0v) is 13.6. The minimum absolute atomic E-state index is 0.135. The number of H-pyrrole nitrogens is 1. The predicted octanol–water partition coefficient (Wildman–Crippen LogP) is 1.71. The van der Waals surface area contributed by atoms with Gasteiger partial charge in [0.2, 0.25) is 0 Å². The van der Waals surface area contributed by atoms with Crippen LogP contribution in [0.5, 0.6) is 0 Å². The lowest BCUT2D eigenvalue weighted by Gasteiger charge is -2.23. The molecule has 7 heteroatoms. The first kappa shape index (κ1) is 16.0. The fourth-order valence-corrected chi connectivity index (χ4v) is 2.83. The molecule has 1 aromatic rings. The standard InChI is InChI=1S/C16H23FN4O2/c1-11(2)12-10-13(19-18-12)14(22)20-6-3-7-21(9-8-20)15(23)16(17)4-5-16/h10-11H,3-9H2,1-2H3,(H,18,19). The fourth-order valence-electron chi connectivity index (χ4n) is 2.83. The molecule has 0 atom stereocenters. The molecule has 1 N–H and O–H groups in total. The van der Waals surface area contributed by atoms with Crippen LogP contribution in [0.25, 0.3) is 0 Å². The topological polar surface area (TPSA) is 69.3 Å². The van der Waals surface area contributed by atoms with Gasteiger partial charge in [0.15, 0.2) is 5.67 Å². The van der Waals surface area contributed by atoms with E-state index in [0.717, 1.165) is 5.69 Å². The third kappa shape index (κ3) is 3.23. The van der Waals surface area contributed by atoms with Crippen molar-refractivity contribution in [1.82, 2.24) is 20.0 Å². The first-order chi connectivity index (χ1) is 10.9. The number of aromatic nitrogens is 2. The van der Waals surface area contributed by atoms with Gasteiger partial charge < -0.3 is 9.80 Å². The van der Waals surface area contributed by atoms with E-state index in [0.29, 0.717) is 51.1 Å². The number of carbonyl (C=O) groups excluding carboxylic acids is 2. The van der Waals surface area contributed by atoms with Crippen molar-refractivity contribution in [1.29, 1.82) is 0 Å². The molecule has 2 heterocycles. The lowest BCUT2D eigenvalue weighted by molar-refractivity contribution is -0.138. The van der Waals surface area contributed by atoms with Crippen LogP contribution in [0.3, 0.4) is 0 Å². The summed E-state index contributed by atoms with van der Waals surface area (Å²) in [5.74, 6) is -0.266. The van der Waals surface area contributed by atoms with Gasteiger partial charge in [-0.2, -0.15) is 5.10 Å². The number of aromatic amines is 1. The van der Waals surface area contributed by atoms with E-state index in [4.69, 9.17) is 0 Å². The molecular weight excluding hydrogens is 299 g/mol. The Morgan fingerprint density at radius 3 is 2.48 bits per heavy atom. The van der Waals surface area contributed by atoms with Gasteiger partial charge >= 0.3 is 0 Å². The van der Waals surface area contributed by atoms with Gasteiger partial charge in [-0.3, -0.25) is 14.7 Å². The van der Waals surface area contributed by atoms with E-state index in [1.807, 2.05) is 13.8 Å². The Morgan fingerprint density at radius 2 is 1.87 bits per heavy atom. The highest BCUT2D eigenvalue weighted by Gasteiger charge is 2.52. The number of hydrogen-bond acceptors (Lipinski definition) is 3. The molecule has 1 aromatic heterocycles. The molecule has 0 radical (unpaired) electrons. The molecular formula is C16H23FN4O2. The second-order valence-electron chi connectivity index (χ2n) is 6.77. The van der Waals surface area contributed by atoms with E-state index < -0.39 is 11.6 Å². The second-order valence-corrected chi connectivity index (χ2v) is 6.77. The van der Waals surface area contributed by atoms with Crippen molar-refractivity contribution >= 4 is 11.8 Å². The largest absolute Gasteiger partial charge is 0.338 e. The third-order valence-electron chi connectivity index (χ3n) is 4.58. The maximum Gasteiger partial charge on any atom is 0.274 e. The summed E-state index contributed by atoms with van der Waals surface area (Å²) in [5, 5.41) is 6.97. The Bertz CT molecular complexity index is 609. The number of rotatable bonds is 3. The number of nitrogens with one attached hydrogen (secondary N) is 1. The number of alkyl halides is 1. The van der Waals surface area contributed by atoms with E-state index in [1.54, 1.807) is 15.9 Å². The highest BCUT2D eigenvalue weighted by Crippen LogP contribution is 2.41. The van der Waals surface area contributed by atoms with Gasteiger partial charge in [-0.1, -0.05) is 13.8 Å². The monoisotopic (exact) mass is 322 g/mol. The van der Waals surface area contributed by atoms with Crippen molar-refractivity contribution in [3.63, 3.8) is 0 Å². The first-order valence-corrected chi connectivity index (χ1v) is 8.23. The molecule has 0 unspecified atom stereocenters. The lowest BCUT2D eigenvalue weighted by Crippen LogP contribution is -2.41. The van der Waals surface area contributed by atoms with Crippen LogP contribution in [0.15, 0.2) is 6.07 Å². The van der Waals surface area contributed by atoms with Crippen molar-refractivity contribution in [3.05, 3.63) is 17.5 Å². The van der Waals surface area contributed by atoms with Gasteiger partial charge in [0.25, 0.3) is 11.8 Å². The molecule has 1 aliphatic heterocycles. The minimum atomic E-state index is -1.63. The van der Waals surface area contributed by atoms with Crippen LogP contribution in [0.4, 0.5) is 4.39 Å². The summed E-state index contributed by atoms with van der Waals surface area (Å²) in [4.78, 5) is 27.9. The van der Waals surface area contributed by atoms with Crippen LogP contribution in [0.1, 0.15) is 55.2 Å². The number of amides is 2. The van der Waals surface area contributed by atoms with Gasteiger partial charge in [0, 0.05) is 31.9 Å². The third-order valence-corrected chi connectivity index (χ3v) is 4.58. The van der Waals surface area contributed by atoms with Gasteiger partial charge in [-0.05, 0) is 31.2 Å². The Morgan fingerprint density at radius 1 is 1.22 bits per heavy atom. The van der Waals surface area contributed by atoms with Crippen molar-refractivity contribution in [2.75, 3.05) is 26.2 Å². The van der Waals surface area contributed by atoms with E-state index in [1.165, 1.54) is 0 Å². The lowest BCUT2D eigenvalue weighted by atomic mass is 10.1. The van der Waals surface area contributed by atoms with E-state index in [9.17, 15) is 14.0 Å². The highest BCUT2D eigenvalue weighted by molar-refractivity contribution is 5.92. The maximum atomic E-state index is 13.9. The molecule has 2 fully saturated rings. The van der Waals surface area contributed by atoms with Gasteiger partial charge in [0.05, 0.1) is 0 Å². The van der Waals surface area contributed by atoms with Gasteiger partial charge in [0.1, 0.15) is 5.69 Å². The van der Waals surface area contributed by atoms with Crippen LogP contribution in [-0.4, -0.2) is 63.7 Å². The van der Waals surface area contributed by atoms with Crippen LogP contribution < -0.4 is 0 Å². The summed E-state index contributed by atoms with van der Waals surface area (Å²) in [5.41, 5.74) is -0.307. The quantitative estimate of drug-likeness (QED) is 0.921. The van der Waals surface area contributed by atoms with Gasteiger partial charge in [-0.15, -0.1) is 0 Å². The Labute approximate surface area is 135 Å². The SMILES string of the molecule is CC(C)c1cc(C(=O)N2CCCN(C(=O)C3(F)CC3)CC2)n[nH]1. The molecule has 1 saturated heterocycles. The van der Waals surface area contributed by atoms with Crippen molar-refractivity contribution in [3.8, 4) is 0 Å². The molecule has 2 aliphatic rings. The summed E-state index contributed by atoms with van der Waals surface area (Å²) in [7, 11) is 0. The molecule has 3 rings (SSSR count). The minimum Gasteiger partial charge on any atom is -0.338 e. The molecule has 2 amide bonds. The number of carbonyl (C=O) groups is 2. The van der Waals surface area contributed by atoms with Crippen LogP contribution >= 0.6 is 0 Å². The summed E-state index contributed by atoms with van der Waals surface area (Å²) < 4.78 is 13.9. The van der Waals surface area contributed by atoms with Crippen molar-refractivity contribution < 1.29 is 14.0 Å². The number of nitrogens with zero attached hydrogens (tertiary/aromatic N) is 3. The normalized spacial score (nSPS) is 20.5. The number of hydrogen-bond donors (Lipinski definition) is 1. The summed E-state index contributed by atoms with van der Waals surface area (Å²) in [6.45, 7) is 5.93. The van der Waals surface area contributed by atoms with E-state index in [2.05, 4.69) is 10.2 Å². The summed E-state index contributed by atoms with van der Waals surface area (Å²) in [6.07, 6.45) is 1.32.